The van der Waals surface area contributed by atoms with Gasteiger partial charge in [0.1, 0.15) is 18.6 Å². The molecule has 3 aromatic heterocycles. The molecule has 0 atom stereocenters. The third kappa shape index (κ3) is 4.18. The Bertz CT molecular complexity index is 970. The molecule has 8 heteroatoms. The Balaban J connectivity index is 1.63. The molecule has 0 aliphatic carbocycles. The van der Waals surface area contributed by atoms with E-state index in [1.54, 1.807) is 18.2 Å². The number of hydrogen-bond acceptors (Lipinski definition) is 8. The summed E-state index contributed by atoms with van der Waals surface area (Å²) in [5, 5.41) is 0. The van der Waals surface area contributed by atoms with Crippen LogP contribution in [0.15, 0.2) is 70.6 Å². The van der Waals surface area contributed by atoms with Gasteiger partial charge in [0.2, 0.25) is 11.2 Å². The maximum Gasteiger partial charge on any atom is 0.345 e. The van der Waals surface area contributed by atoms with Gasteiger partial charge in [-0.1, -0.05) is 0 Å². The lowest BCUT2D eigenvalue weighted by Crippen LogP contribution is -2.15. The van der Waals surface area contributed by atoms with Gasteiger partial charge in [-0.25, -0.2) is 9.59 Å². The van der Waals surface area contributed by atoms with Gasteiger partial charge in [-0.05, 0) is 24.3 Å². The van der Waals surface area contributed by atoms with Gasteiger partial charge in [0.15, 0.2) is 0 Å². The molecule has 26 heavy (non-hydrogen) atoms. The average Bonchev–Trinajstić information content (AvgIpc) is 2.69. The van der Waals surface area contributed by atoms with Gasteiger partial charge in [0, 0.05) is 30.9 Å². The average molecular weight is 352 g/mol. The molecule has 0 fully saturated rings. The Morgan fingerprint density at radius 2 is 1.65 bits per heavy atom. The summed E-state index contributed by atoms with van der Waals surface area (Å²) < 4.78 is 15.2. The first-order valence-corrected chi connectivity index (χ1v) is 7.44. The zero-order chi connectivity index (χ0) is 18.4. The highest BCUT2D eigenvalue weighted by Crippen LogP contribution is 2.10. The van der Waals surface area contributed by atoms with Gasteiger partial charge < -0.3 is 13.9 Å². The summed E-state index contributed by atoms with van der Waals surface area (Å²) in [6.07, 6.45) is 6.70. The molecule has 0 spiro atoms. The maximum absolute atomic E-state index is 12.0. The number of rotatable bonds is 5. The number of aromatic nitrogens is 2. The van der Waals surface area contributed by atoms with E-state index in [-0.39, 0.29) is 29.2 Å². The fourth-order valence-corrected chi connectivity index (χ4v) is 1.93. The number of nitrogens with zero attached hydrogens (tertiary/aromatic N) is 2. The predicted octanol–water partition coefficient (Wildman–Crippen LogP) is 2.01. The molecule has 0 aliphatic heterocycles. The quantitative estimate of drug-likeness (QED) is 0.642. The summed E-state index contributed by atoms with van der Waals surface area (Å²) in [7, 11) is 0. The molecule has 8 nitrogen and oxygen atoms in total. The zero-order valence-corrected chi connectivity index (χ0v) is 13.3. The van der Waals surface area contributed by atoms with Crippen LogP contribution in [-0.2, 0) is 11.3 Å². The van der Waals surface area contributed by atoms with Crippen molar-refractivity contribution in [3.8, 4) is 5.75 Å². The minimum absolute atomic E-state index is 0.105. The number of esters is 2. The molecular weight excluding hydrogens is 340 g/mol. The summed E-state index contributed by atoms with van der Waals surface area (Å²) in [4.78, 5) is 43.3. The molecule has 3 aromatic rings. The molecule has 0 aliphatic rings. The van der Waals surface area contributed by atoms with Crippen LogP contribution in [0.5, 0.6) is 5.75 Å². The molecular formula is C18H12N2O6. The lowest BCUT2D eigenvalue weighted by molar-refractivity contribution is 0.0442. The summed E-state index contributed by atoms with van der Waals surface area (Å²) in [6, 6.07) is 7.30. The van der Waals surface area contributed by atoms with Crippen molar-refractivity contribution < 1.29 is 23.5 Å². The second-order valence-corrected chi connectivity index (χ2v) is 5.02. The van der Waals surface area contributed by atoms with E-state index in [1.165, 1.54) is 30.9 Å². The van der Waals surface area contributed by atoms with Crippen molar-refractivity contribution in [2.24, 2.45) is 0 Å². The van der Waals surface area contributed by atoms with Crippen LogP contribution in [0.2, 0.25) is 0 Å². The lowest BCUT2D eigenvalue weighted by Gasteiger charge is -2.05. The van der Waals surface area contributed by atoms with E-state index >= 15 is 0 Å². The van der Waals surface area contributed by atoms with Crippen LogP contribution < -0.4 is 10.2 Å². The molecule has 0 saturated heterocycles. The van der Waals surface area contributed by atoms with Crippen LogP contribution in [0.3, 0.4) is 0 Å². The molecule has 130 valence electrons. The molecule has 3 heterocycles. The summed E-state index contributed by atoms with van der Waals surface area (Å²) in [6.45, 7) is -0.250. The molecule has 0 unspecified atom stereocenters. The second kappa shape index (κ2) is 7.84. The summed E-state index contributed by atoms with van der Waals surface area (Å²) >= 11 is 0. The minimum Gasteiger partial charge on any atom is -0.462 e. The molecule has 0 saturated carbocycles. The van der Waals surface area contributed by atoms with E-state index in [9.17, 15) is 14.4 Å². The van der Waals surface area contributed by atoms with Crippen molar-refractivity contribution >= 4 is 11.9 Å². The van der Waals surface area contributed by atoms with Crippen LogP contribution in [0.4, 0.5) is 0 Å². The van der Waals surface area contributed by atoms with Gasteiger partial charge in [0.25, 0.3) is 0 Å². The third-order valence-electron chi connectivity index (χ3n) is 3.19. The van der Waals surface area contributed by atoms with Crippen LogP contribution >= 0.6 is 0 Å². The molecule has 0 bridgehead atoms. The highest BCUT2D eigenvalue weighted by atomic mass is 16.6. The summed E-state index contributed by atoms with van der Waals surface area (Å²) in [5.41, 5.74) is -0.112. The Hall–Kier alpha value is -3.81. The van der Waals surface area contributed by atoms with Gasteiger partial charge >= 0.3 is 11.9 Å². The van der Waals surface area contributed by atoms with Crippen LogP contribution in [-0.4, -0.2) is 21.9 Å². The highest BCUT2D eigenvalue weighted by Gasteiger charge is 2.14. The van der Waals surface area contributed by atoms with E-state index in [4.69, 9.17) is 13.9 Å². The molecule has 0 aromatic carbocycles. The lowest BCUT2D eigenvalue weighted by atomic mass is 10.3. The van der Waals surface area contributed by atoms with E-state index in [1.807, 2.05) is 0 Å². The van der Waals surface area contributed by atoms with E-state index in [0.29, 0.717) is 0 Å². The van der Waals surface area contributed by atoms with Crippen molar-refractivity contribution in [3.63, 3.8) is 0 Å². The van der Waals surface area contributed by atoms with E-state index in [0.717, 1.165) is 12.3 Å². The zero-order valence-electron chi connectivity index (χ0n) is 13.3. The number of carbonyl (C=O) groups is 2. The number of hydrogen-bond donors (Lipinski definition) is 0. The van der Waals surface area contributed by atoms with Gasteiger partial charge in [-0.15, -0.1) is 0 Å². The van der Waals surface area contributed by atoms with E-state index < -0.39 is 17.4 Å². The Labute approximate surface area is 147 Å². The largest absolute Gasteiger partial charge is 0.462 e. The predicted molar refractivity (Wildman–Crippen MR) is 87.5 cm³/mol. The number of pyridine rings is 2. The summed E-state index contributed by atoms with van der Waals surface area (Å²) in [5.74, 6) is -1.51. The van der Waals surface area contributed by atoms with E-state index in [2.05, 4.69) is 9.97 Å². The normalized spacial score (nSPS) is 10.2. The van der Waals surface area contributed by atoms with Crippen LogP contribution in [0, 0.1) is 0 Å². The van der Waals surface area contributed by atoms with Gasteiger partial charge in [-0.3, -0.25) is 14.8 Å². The third-order valence-corrected chi connectivity index (χ3v) is 3.19. The smallest absolute Gasteiger partial charge is 0.345 e. The molecule has 0 N–H and O–H groups in total. The Morgan fingerprint density at radius 1 is 1.00 bits per heavy atom. The maximum atomic E-state index is 12.0. The monoisotopic (exact) mass is 352 g/mol. The molecule has 0 radical (unpaired) electrons. The Morgan fingerprint density at radius 3 is 2.23 bits per heavy atom. The Kier molecular flexibility index (Phi) is 5.14. The number of carbonyl (C=O) groups excluding carboxylic acids is 2. The van der Waals surface area contributed by atoms with Crippen molar-refractivity contribution in [2.75, 3.05) is 0 Å². The highest BCUT2D eigenvalue weighted by molar-refractivity contribution is 5.90. The minimum atomic E-state index is -0.735. The van der Waals surface area contributed by atoms with Gasteiger partial charge in [-0.2, -0.15) is 0 Å². The topological polar surface area (TPSA) is 109 Å². The van der Waals surface area contributed by atoms with Crippen molar-refractivity contribution in [2.45, 2.75) is 6.61 Å². The van der Waals surface area contributed by atoms with Crippen molar-refractivity contribution in [3.05, 3.63) is 88.5 Å². The second-order valence-electron chi connectivity index (χ2n) is 5.02. The fourth-order valence-electron chi connectivity index (χ4n) is 1.93. The molecule has 0 amide bonds. The standard InChI is InChI=1S/C18H12N2O6/c21-15-7-14(10-25-17(22)12-3-1-5-19-8-12)24-11-16(15)26-18(23)13-4-2-6-20-9-13/h1-9,11H,10H2. The van der Waals surface area contributed by atoms with Crippen LogP contribution in [0.1, 0.15) is 26.5 Å². The SMILES string of the molecule is O=C(OCc1cc(=O)c(OC(=O)c2cccnc2)co1)c1cccnc1. The first-order chi connectivity index (χ1) is 12.6. The van der Waals surface area contributed by atoms with Crippen molar-refractivity contribution in [1.82, 2.24) is 9.97 Å². The van der Waals surface area contributed by atoms with Crippen molar-refractivity contribution in [1.29, 1.82) is 0 Å². The van der Waals surface area contributed by atoms with Gasteiger partial charge in [0.05, 0.1) is 11.1 Å². The van der Waals surface area contributed by atoms with Crippen LogP contribution in [0.25, 0.3) is 0 Å². The first-order valence-electron chi connectivity index (χ1n) is 7.44. The molecule has 3 rings (SSSR count). The fraction of sp³-hybridized carbons (Fsp3) is 0.0556. The number of ether oxygens (including phenoxy) is 2. The first kappa shape index (κ1) is 17.0.